The quantitative estimate of drug-likeness (QED) is 0.463. The molecule has 2 N–H and O–H groups in total. The molecular formula is C24H21FN4O2. The van der Waals surface area contributed by atoms with Crippen molar-refractivity contribution in [3.8, 4) is 0 Å². The summed E-state index contributed by atoms with van der Waals surface area (Å²) in [6, 6.07) is 17.5. The molecule has 4 aromatic rings. The van der Waals surface area contributed by atoms with Gasteiger partial charge < -0.3 is 14.9 Å². The van der Waals surface area contributed by atoms with Gasteiger partial charge in [-0.3, -0.25) is 5.10 Å². The van der Waals surface area contributed by atoms with Crippen LogP contribution in [0.1, 0.15) is 24.2 Å². The normalized spacial score (nSPS) is 15.2. The number of benzene rings is 3. The molecule has 0 radical (unpaired) electrons. The third-order valence-electron chi connectivity index (χ3n) is 5.73. The highest BCUT2D eigenvalue weighted by atomic mass is 19.1. The van der Waals surface area contributed by atoms with Crippen molar-refractivity contribution in [3.63, 3.8) is 0 Å². The Balaban J connectivity index is 1.71. The van der Waals surface area contributed by atoms with Gasteiger partial charge in [-0.25, -0.2) is 9.18 Å². The molecule has 31 heavy (non-hydrogen) atoms. The second-order valence-electron chi connectivity index (χ2n) is 8.36. The molecule has 0 spiro atoms. The summed E-state index contributed by atoms with van der Waals surface area (Å²) >= 11 is 0. The molecular weight excluding hydrogens is 395 g/mol. The molecule has 3 aromatic carbocycles. The zero-order valence-corrected chi connectivity index (χ0v) is 17.1. The van der Waals surface area contributed by atoms with E-state index in [0.29, 0.717) is 6.54 Å². The van der Waals surface area contributed by atoms with Crippen molar-refractivity contribution in [2.75, 3.05) is 16.3 Å². The van der Waals surface area contributed by atoms with Crippen molar-refractivity contribution in [1.29, 1.82) is 0 Å². The van der Waals surface area contributed by atoms with Gasteiger partial charge in [-0.1, -0.05) is 0 Å². The van der Waals surface area contributed by atoms with Crippen molar-refractivity contribution in [2.45, 2.75) is 19.4 Å². The first-order valence-corrected chi connectivity index (χ1v) is 9.97. The minimum atomic E-state index is -0.952. The van der Waals surface area contributed by atoms with Gasteiger partial charge >= 0.3 is 5.97 Å². The number of carboxylic acid groups (broad SMARTS) is 1. The van der Waals surface area contributed by atoms with Crippen molar-refractivity contribution in [1.82, 2.24) is 10.2 Å². The van der Waals surface area contributed by atoms with E-state index in [1.807, 2.05) is 12.1 Å². The number of H-pyrrole nitrogens is 1. The highest BCUT2D eigenvalue weighted by Crippen LogP contribution is 2.48. The smallest absolute Gasteiger partial charge is 0.335 e. The van der Waals surface area contributed by atoms with Gasteiger partial charge in [0.25, 0.3) is 0 Å². The Bertz CT molecular complexity index is 1280. The van der Waals surface area contributed by atoms with Crippen LogP contribution in [0, 0.1) is 5.82 Å². The average molecular weight is 416 g/mol. The molecule has 0 bridgehead atoms. The van der Waals surface area contributed by atoms with Crippen LogP contribution >= 0.6 is 0 Å². The van der Waals surface area contributed by atoms with Crippen molar-refractivity contribution in [3.05, 3.63) is 78.2 Å². The maximum atomic E-state index is 13.6. The SMILES string of the molecule is CC1(C)CN(c2ccc(F)cc2)c2cc3cn[nH]c3cc2N1c1ccc(C(=O)O)cc1. The summed E-state index contributed by atoms with van der Waals surface area (Å²) in [5, 5.41) is 17.4. The minimum absolute atomic E-state index is 0.246. The van der Waals surface area contributed by atoms with Gasteiger partial charge in [0.1, 0.15) is 5.82 Å². The topological polar surface area (TPSA) is 72.5 Å². The van der Waals surface area contributed by atoms with Gasteiger partial charge in [-0.15, -0.1) is 0 Å². The molecule has 0 atom stereocenters. The number of aromatic carboxylic acids is 1. The number of carbonyl (C=O) groups is 1. The minimum Gasteiger partial charge on any atom is -0.478 e. The number of halogens is 1. The Morgan fingerprint density at radius 3 is 2.39 bits per heavy atom. The molecule has 5 rings (SSSR count). The second kappa shape index (κ2) is 6.84. The highest BCUT2D eigenvalue weighted by Gasteiger charge is 2.38. The summed E-state index contributed by atoms with van der Waals surface area (Å²) in [5.41, 5.74) is 4.54. The zero-order valence-electron chi connectivity index (χ0n) is 17.1. The molecule has 6 nitrogen and oxygen atoms in total. The summed E-state index contributed by atoms with van der Waals surface area (Å²) in [6.45, 7) is 4.92. The van der Waals surface area contributed by atoms with E-state index in [9.17, 15) is 14.3 Å². The van der Waals surface area contributed by atoms with Crippen molar-refractivity contribution < 1.29 is 14.3 Å². The van der Waals surface area contributed by atoms with Gasteiger partial charge in [0.15, 0.2) is 0 Å². The molecule has 1 aromatic heterocycles. The average Bonchev–Trinajstić information content (AvgIpc) is 3.20. The highest BCUT2D eigenvalue weighted by molar-refractivity contribution is 5.96. The number of nitrogens with one attached hydrogen (secondary N) is 1. The first kappa shape index (κ1) is 19.1. The van der Waals surface area contributed by atoms with Gasteiger partial charge in [0, 0.05) is 23.3 Å². The summed E-state index contributed by atoms with van der Waals surface area (Å²) in [7, 11) is 0. The van der Waals surface area contributed by atoms with Crippen molar-refractivity contribution >= 4 is 39.6 Å². The monoisotopic (exact) mass is 416 g/mol. The van der Waals surface area contributed by atoms with Crippen LogP contribution in [0.2, 0.25) is 0 Å². The lowest BCUT2D eigenvalue weighted by atomic mass is 9.93. The van der Waals surface area contributed by atoms with Crippen LogP contribution in [-0.2, 0) is 0 Å². The summed E-state index contributed by atoms with van der Waals surface area (Å²) in [5.74, 6) is -1.22. The fraction of sp³-hybridized carbons (Fsp3) is 0.167. The van der Waals surface area contributed by atoms with Crippen LogP contribution in [0.25, 0.3) is 10.9 Å². The lowest BCUT2D eigenvalue weighted by Gasteiger charge is -2.50. The summed E-state index contributed by atoms with van der Waals surface area (Å²) in [6.07, 6.45) is 1.78. The Morgan fingerprint density at radius 1 is 1.03 bits per heavy atom. The largest absolute Gasteiger partial charge is 0.478 e. The van der Waals surface area contributed by atoms with E-state index < -0.39 is 5.97 Å². The maximum Gasteiger partial charge on any atom is 0.335 e. The molecule has 0 fully saturated rings. The Kier molecular flexibility index (Phi) is 4.22. The van der Waals surface area contributed by atoms with Crippen LogP contribution in [0.3, 0.4) is 0 Å². The van der Waals surface area contributed by atoms with E-state index in [4.69, 9.17) is 0 Å². The molecule has 2 heterocycles. The first-order valence-electron chi connectivity index (χ1n) is 9.97. The summed E-state index contributed by atoms with van der Waals surface area (Å²) in [4.78, 5) is 15.7. The first-order chi connectivity index (χ1) is 14.8. The number of hydrogen-bond acceptors (Lipinski definition) is 4. The lowest BCUT2D eigenvalue weighted by molar-refractivity contribution is 0.0697. The number of hydrogen-bond donors (Lipinski definition) is 2. The molecule has 1 aliphatic heterocycles. The van der Waals surface area contributed by atoms with Crippen molar-refractivity contribution in [2.24, 2.45) is 0 Å². The van der Waals surface area contributed by atoms with Crippen LogP contribution in [0.5, 0.6) is 0 Å². The maximum absolute atomic E-state index is 13.6. The molecule has 0 saturated heterocycles. The molecule has 156 valence electrons. The van der Waals surface area contributed by atoms with Crippen LogP contribution in [-0.4, -0.2) is 33.4 Å². The predicted molar refractivity (Wildman–Crippen MR) is 119 cm³/mol. The fourth-order valence-corrected chi connectivity index (χ4v) is 4.33. The fourth-order valence-electron chi connectivity index (χ4n) is 4.33. The number of aromatic nitrogens is 2. The Morgan fingerprint density at radius 2 is 1.71 bits per heavy atom. The molecule has 0 unspecified atom stereocenters. The van der Waals surface area contributed by atoms with E-state index in [0.717, 1.165) is 33.7 Å². The number of rotatable bonds is 3. The van der Waals surface area contributed by atoms with Gasteiger partial charge in [0.2, 0.25) is 0 Å². The van der Waals surface area contributed by atoms with Gasteiger partial charge in [-0.05, 0) is 74.5 Å². The van der Waals surface area contributed by atoms with E-state index in [-0.39, 0.29) is 16.9 Å². The Hall–Kier alpha value is -3.87. The lowest BCUT2D eigenvalue weighted by Crippen LogP contribution is -2.52. The number of aromatic amines is 1. The van der Waals surface area contributed by atoms with Gasteiger partial charge in [-0.2, -0.15) is 5.10 Å². The Labute approximate surface area is 178 Å². The number of nitrogens with zero attached hydrogens (tertiary/aromatic N) is 3. The van der Waals surface area contributed by atoms with Crippen LogP contribution in [0.4, 0.5) is 27.1 Å². The number of fused-ring (bicyclic) bond motifs is 2. The molecule has 1 aliphatic rings. The molecule has 7 heteroatoms. The van der Waals surface area contributed by atoms with E-state index in [1.54, 1.807) is 30.5 Å². The standard InChI is InChI=1S/C24H21FN4O2/c1-24(2)14-28(18-9-5-17(25)6-10-18)21-11-16-13-26-27-20(16)12-22(21)29(24)19-7-3-15(4-8-19)23(30)31/h3-13H,14H2,1-2H3,(H,26,27)(H,30,31). The van der Waals surface area contributed by atoms with E-state index >= 15 is 0 Å². The number of carboxylic acids is 1. The van der Waals surface area contributed by atoms with E-state index in [2.05, 4.69) is 46.0 Å². The molecule has 0 aliphatic carbocycles. The van der Waals surface area contributed by atoms with E-state index in [1.165, 1.54) is 12.1 Å². The third-order valence-corrected chi connectivity index (χ3v) is 5.73. The van der Waals surface area contributed by atoms with Crippen LogP contribution in [0.15, 0.2) is 66.9 Å². The number of anilines is 4. The zero-order chi connectivity index (χ0) is 21.8. The molecule has 0 saturated carbocycles. The third kappa shape index (κ3) is 3.18. The second-order valence-corrected chi connectivity index (χ2v) is 8.36. The molecule has 0 amide bonds. The predicted octanol–water partition coefficient (Wildman–Crippen LogP) is 5.47. The van der Waals surface area contributed by atoms with Crippen LogP contribution < -0.4 is 9.80 Å². The van der Waals surface area contributed by atoms with Gasteiger partial charge in [0.05, 0.1) is 34.2 Å². The summed E-state index contributed by atoms with van der Waals surface area (Å²) < 4.78 is 13.6.